The summed E-state index contributed by atoms with van der Waals surface area (Å²) in [6.45, 7) is 3.68. The number of benzene rings is 1. The first kappa shape index (κ1) is 23.8. The number of hydrogen-bond donors (Lipinski definition) is 2. The summed E-state index contributed by atoms with van der Waals surface area (Å²) in [5.41, 5.74) is 0. The Hall–Kier alpha value is -0.220. The van der Waals surface area contributed by atoms with E-state index in [0.29, 0.717) is 13.2 Å². The van der Waals surface area contributed by atoms with Crippen molar-refractivity contribution in [3.63, 3.8) is 0 Å². The smallest absolute Gasteiger partial charge is 0.191 e. The van der Waals surface area contributed by atoms with Gasteiger partial charge in [0.15, 0.2) is 5.96 Å². The predicted octanol–water partition coefficient (Wildman–Crippen LogP) is 3.27. The third-order valence-corrected chi connectivity index (χ3v) is 4.16. The Labute approximate surface area is 171 Å². The van der Waals surface area contributed by atoms with Gasteiger partial charge in [0.2, 0.25) is 0 Å². The number of aliphatic imine (C=N–C) groups is 1. The van der Waals surface area contributed by atoms with Crippen molar-refractivity contribution in [3.8, 4) is 0 Å². The largest absolute Gasteiger partial charge is 0.382 e. The van der Waals surface area contributed by atoms with Crippen LogP contribution in [0.1, 0.15) is 6.42 Å². The second-order valence-corrected chi connectivity index (χ2v) is 6.29. The highest BCUT2D eigenvalue weighted by molar-refractivity contribution is 14.0. The summed E-state index contributed by atoms with van der Waals surface area (Å²) in [5.74, 6) is 1.78. The van der Waals surface area contributed by atoms with E-state index in [1.807, 2.05) is 24.3 Å². The molecule has 0 aliphatic heterocycles. The van der Waals surface area contributed by atoms with Gasteiger partial charge in [-0.25, -0.2) is 0 Å². The molecule has 0 aliphatic carbocycles. The first-order valence-electron chi connectivity index (χ1n) is 7.66. The maximum atomic E-state index is 5.87. The molecule has 1 rings (SSSR count). The molecule has 0 aliphatic rings. The van der Waals surface area contributed by atoms with E-state index in [4.69, 9.17) is 21.1 Å². The minimum atomic E-state index is 0. The van der Waals surface area contributed by atoms with Gasteiger partial charge < -0.3 is 20.1 Å². The van der Waals surface area contributed by atoms with E-state index in [-0.39, 0.29) is 24.0 Å². The van der Waals surface area contributed by atoms with Crippen LogP contribution in [0.3, 0.4) is 0 Å². The zero-order valence-electron chi connectivity index (χ0n) is 14.2. The second kappa shape index (κ2) is 16.3. The van der Waals surface area contributed by atoms with Gasteiger partial charge in [0, 0.05) is 49.5 Å². The highest BCUT2D eigenvalue weighted by atomic mass is 127. The Kier molecular flexibility index (Phi) is 16.1. The Morgan fingerprint density at radius 2 is 1.83 bits per heavy atom. The fraction of sp³-hybridized carbons (Fsp3) is 0.562. The molecule has 0 atom stereocenters. The summed E-state index contributed by atoms with van der Waals surface area (Å²) < 4.78 is 10.3. The number of hydrogen-bond acceptors (Lipinski definition) is 4. The van der Waals surface area contributed by atoms with Crippen LogP contribution in [0.4, 0.5) is 0 Å². The van der Waals surface area contributed by atoms with Crippen LogP contribution in [0.25, 0.3) is 0 Å². The average Bonchev–Trinajstić information content (AvgIpc) is 2.57. The van der Waals surface area contributed by atoms with Crippen molar-refractivity contribution < 1.29 is 9.47 Å². The molecule has 0 heterocycles. The molecular weight excluding hydrogens is 461 g/mol. The Morgan fingerprint density at radius 3 is 2.50 bits per heavy atom. The minimum Gasteiger partial charge on any atom is -0.382 e. The summed E-state index contributed by atoms with van der Waals surface area (Å²) in [6.07, 6.45) is 0.934. The summed E-state index contributed by atoms with van der Waals surface area (Å²) in [4.78, 5) is 5.41. The summed E-state index contributed by atoms with van der Waals surface area (Å²) in [6, 6.07) is 7.88. The van der Waals surface area contributed by atoms with Gasteiger partial charge in [0.1, 0.15) is 0 Å². The van der Waals surface area contributed by atoms with Crippen LogP contribution >= 0.6 is 47.3 Å². The minimum absolute atomic E-state index is 0. The van der Waals surface area contributed by atoms with Crippen LogP contribution in [-0.2, 0) is 9.47 Å². The maximum absolute atomic E-state index is 5.87. The topological polar surface area (TPSA) is 54.9 Å². The molecule has 24 heavy (non-hydrogen) atoms. The van der Waals surface area contributed by atoms with Gasteiger partial charge in [-0.3, -0.25) is 4.99 Å². The molecule has 0 unspecified atom stereocenters. The Morgan fingerprint density at radius 1 is 1.12 bits per heavy atom. The van der Waals surface area contributed by atoms with Crippen molar-refractivity contribution in [2.24, 2.45) is 4.99 Å². The SMILES string of the molecule is CN=C(NCCCOCCOC)NCCSc1ccc(Cl)cc1.I. The van der Waals surface area contributed by atoms with Gasteiger partial charge in [0.05, 0.1) is 13.2 Å². The summed E-state index contributed by atoms with van der Waals surface area (Å²) in [5, 5.41) is 7.33. The van der Waals surface area contributed by atoms with Gasteiger partial charge in [0.25, 0.3) is 0 Å². The fourth-order valence-electron chi connectivity index (χ4n) is 1.72. The first-order chi connectivity index (χ1) is 11.3. The molecule has 0 fully saturated rings. The molecule has 0 bridgehead atoms. The van der Waals surface area contributed by atoms with Crippen molar-refractivity contribution in [1.29, 1.82) is 0 Å². The predicted molar refractivity (Wildman–Crippen MR) is 114 cm³/mol. The lowest BCUT2D eigenvalue weighted by Crippen LogP contribution is -2.39. The molecule has 5 nitrogen and oxygen atoms in total. The number of rotatable bonds is 11. The molecule has 0 saturated heterocycles. The van der Waals surface area contributed by atoms with E-state index in [9.17, 15) is 0 Å². The molecule has 0 amide bonds. The van der Waals surface area contributed by atoms with Gasteiger partial charge in [-0.1, -0.05) is 11.6 Å². The van der Waals surface area contributed by atoms with E-state index < -0.39 is 0 Å². The standard InChI is InChI=1S/C16H26ClN3O2S.HI/c1-18-16(19-8-3-10-22-12-11-21-2)20-9-13-23-15-6-4-14(17)5-7-15;/h4-7H,3,8-13H2,1-2H3,(H2,18,19,20);1H. The zero-order valence-corrected chi connectivity index (χ0v) is 18.1. The van der Waals surface area contributed by atoms with Crippen LogP contribution in [0.2, 0.25) is 5.02 Å². The van der Waals surface area contributed by atoms with Crippen molar-refractivity contribution >= 4 is 53.3 Å². The van der Waals surface area contributed by atoms with Crippen LogP contribution in [0.5, 0.6) is 0 Å². The zero-order chi connectivity index (χ0) is 16.8. The van der Waals surface area contributed by atoms with Crippen LogP contribution in [0.15, 0.2) is 34.2 Å². The highest BCUT2D eigenvalue weighted by Gasteiger charge is 1.98. The van der Waals surface area contributed by atoms with E-state index in [2.05, 4.69) is 15.6 Å². The number of thioether (sulfide) groups is 1. The number of methoxy groups -OCH3 is 1. The van der Waals surface area contributed by atoms with Crippen molar-refractivity contribution in [2.45, 2.75) is 11.3 Å². The molecule has 2 N–H and O–H groups in total. The molecule has 0 aromatic heterocycles. The van der Waals surface area contributed by atoms with Crippen molar-refractivity contribution in [1.82, 2.24) is 10.6 Å². The highest BCUT2D eigenvalue weighted by Crippen LogP contribution is 2.19. The molecule has 0 spiro atoms. The summed E-state index contributed by atoms with van der Waals surface area (Å²) in [7, 11) is 3.45. The molecule has 8 heteroatoms. The fourth-order valence-corrected chi connectivity index (χ4v) is 2.61. The van der Waals surface area contributed by atoms with Crippen LogP contribution in [-0.4, -0.2) is 58.8 Å². The lowest BCUT2D eigenvalue weighted by atomic mass is 10.4. The van der Waals surface area contributed by atoms with E-state index >= 15 is 0 Å². The van der Waals surface area contributed by atoms with Crippen molar-refractivity contribution in [3.05, 3.63) is 29.3 Å². The number of halogens is 2. The van der Waals surface area contributed by atoms with Gasteiger partial charge in [-0.2, -0.15) is 0 Å². The lowest BCUT2D eigenvalue weighted by Gasteiger charge is -2.11. The third kappa shape index (κ3) is 12.2. The molecular formula is C16H27ClIN3O2S. The van der Waals surface area contributed by atoms with Crippen LogP contribution in [0, 0.1) is 0 Å². The maximum Gasteiger partial charge on any atom is 0.191 e. The Balaban J connectivity index is 0.00000529. The molecule has 138 valence electrons. The first-order valence-corrected chi connectivity index (χ1v) is 9.02. The normalized spacial score (nSPS) is 11.0. The van der Waals surface area contributed by atoms with Crippen LogP contribution < -0.4 is 10.6 Å². The molecule has 0 saturated carbocycles. The Bertz CT molecular complexity index is 449. The average molecular weight is 488 g/mol. The summed E-state index contributed by atoms with van der Waals surface area (Å²) >= 11 is 7.65. The number of ether oxygens (including phenoxy) is 2. The van der Waals surface area contributed by atoms with E-state index in [0.717, 1.165) is 42.9 Å². The monoisotopic (exact) mass is 487 g/mol. The number of nitrogens with one attached hydrogen (secondary N) is 2. The lowest BCUT2D eigenvalue weighted by molar-refractivity contribution is 0.0698. The number of nitrogens with zero attached hydrogens (tertiary/aromatic N) is 1. The van der Waals surface area contributed by atoms with Gasteiger partial charge >= 0.3 is 0 Å². The number of guanidine groups is 1. The van der Waals surface area contributed by atoms with E-state index in [1.165, 1.54) is 4.90 Å². The molecule has 1 aromatic carbocycles. The van der Waals surface area contributed by atoms with E-state index in [1.54, 1.807) is 25.9 Å². The quantitative estimate of drug-likeness (QED) is 0.165. The second-order valence-electron chi connectivity index (χ2n) is 4.69. The molecule has 1 aromatic rings. The van der Waals surface area contributed by atoms with Gasteiger partial charge in [-0.05, 0) is 30.7 Å². The van der Waals surface area contributed by atoms with Crippen molar-refractivity contribution in [2.75, 3.05) is 52.8 Å². The third-order valence-electron chi connectivity index (χ3n) is 2.89. The molecule has 0 radical (unpaired) electrons. The van der Waals surface area contributed by atoms with Gasteiger partial charge in [-0.15, -0.1) is 35.7 Å².